The van der Waals surface area contributed by atoms with Crippen molar-refractivity contribution < 1.29 is 19.5 Å². The van der Waals surface area contributed by atoms with E-state index in [-0.39, 0.29) is 12.2 Å². The van der Waals surface area contributed by atoms with E-state index in [2.05, 4.69) is 15.6 Å². The molecule has 0 bridgehead atoms. The van der Waals surface area contributed by atoms with Gasteiger partial charge in [-0.25, -0.2) is 0 Å². The highest BCUT2D eigenvalue weighted by Crippen LogP contribution is 2.08. The summed E-state index contributed by atoms with van der Waals surface area (Å²) in [5, 5.41) is 13.1. The Kier molecular flexibility index (Phi) is 4.53. The Morgan fingerprint density at radius 2 is 2.00 bits per heavy atom. The zero-order chi connectivity index (χ0) is 12.8. The molecule has 1 aromatic heterocycles. The van der Waals surface area contributed by atoms with Crippen LogP contribution in [0.25, 0.3) is 0 Å². The van der Waals surface area contributed by atoms with Gasteiger partial charge in [0, 0.05) is 6.20 Å². The zero-order valence-electron chi connectivity index (χ0n) is 8.62. The summed E-state index contributed by atoms with van der Waals surface area (Å²) in [6.45, 7) is -0.786. The maximum absolute atomic E-state index is 11.4. The number of carboxylic acids is 1. The second-order valence-electron chi connectivity index (χ2n) is 3.08. The molecule has 0 saturated carbocycles. The van der Waals surface area contributed by atoms with Crippen molar-refractivity contribution in [1.29, 1.82) is 0 Å². The molecule has 1 aromatic rings. The molecule has 92 valence electrons. The summed E-state index contributed by atoms with van der Waals surface area (Å²) in [6.07, 6.45) is 1.43. The number of hydrogen-bond donors (Lipinski definition) is 4. The number of carboxylic acid groups (broad SMARTS) is 1. The molecular formula is C9H10ClN3O4. The summed E-state index contributed by atoms with van der Waals surface area (Å²) < 4.78 is 0. The van der Waals surface area contributed by atoms with E-state index in [1.54, 1.807) is 0 Å². The van der Waals surface area contributed by atoms with Crippen molar-refractivity contribution in [3.8, 4) is 0 Å². The van der Waals surface area contributed by atoms with Crippen molar-refractivity contribution in [3.05, 3.63) is 23.0 Å². The van der Waals surface area contributed by atoms with Crippen molar-refractivity contribution in [3.63, 3.8) is 0 Å². The van der Waals surface area contributed by atoms with Gasteiger partial charge in [0.05, 0.1) is 11.6 Å². The summed E-state index contributed by atoms with van der Waals surface area (Å²) in [6, 6.07) is 1.41. The van der Waals surface area contributed by atoms with E-state index in [1.165, 1.54) is 12.3 Å². The van der Waals surface area contributed by atoms with E-state index in [0.29, 0.717) is 5.02 Å². The largest absolute Gasteiger partial charge is 0.480 e. The lowest BCUT2D eigenvalue weighted by Gasteiger charge is -2.03. The van der Waals surface area contributed by atoms with Crippen LogP contribution >= 0.6 is 11.6 Å². The Bertz CT molecular complexity index is 443. The molecule has 7 nitrogen and oxygen atoms in total. The highest BCUT2D eigenvalue weighted by atomic mass is 35.5. The second-order valence-corrected chi connectivity index (χ2v) is 3.52. The van der Waals surface area contributed by atoms with Gasteiger partial charge in [-0.05, 0) is 6.07 Å². The minimum atomic E-state index is -1.15. The standard InChI is InChI=1S/C9H10ClN3O4/c10-5-1-6(11-2-5)9(17)13-3-7(14)12-4-8(15)16/h1-2,11H,3-4H2,(H,12,14)(H,13,17)(H,15,16). The van der Waals surface area contributed by atoms with Gasteiger partial charge in [-0.15, -0.1) is 0 Å². The lowest BCUT2D eigenvalue weighted by molar-refractivity contribution is -0.137. The summed E-state index contributed by atoms with van der Waals surface area (Å²) in [7, 11) is 0. The predicted molar refractivity (Wildman–Crippen MR) is 58.8 cm³/mol. The van der Waals surface area contributed by atoms with Gasteiger partial charge in [0.15, 0.2) is 0 Å². The average Bonchev–Trinajstić information content (AvgIpc) is 2.70. The minimum Gasteiger partial charge on any atom is -0.480 e. The molecule has 0 spiro atoms. The number of amides is 2. The van der Waals surface area contributed by atoms with E-state index in [9.17, 15) is 14.4 Å². The average molecular weight is 260 g/mol. The maximum atomic E-state index is 11.4. The van der Waals surface area contributed by atoms with Gasteiger partial charge in [0.2, 0.25) is 5.91 Å². The molecule has 0 unspecified atom stereocenters. The Morgan fingerprint density at radius 1 is 1.29 bits per heavy atom. The maximum Gasteiger partial charge on any atom is 0.322 e. The smallest absolute Gasteiger partial charge is 0.322 e. The molecule has 1 heterocycles. The molecule has 4 N–H and O–H groups in total. The SMILES string of the molecule is O=C(O)CNC(=O)CNC(=O)c1cc(Cl)c[nH]1. The van der Waals surface area contributed by atoms with Crippen LogP contribution in [0.3, 0.4) is 0 Å². The first-order valence-corrected chi connectivity index (χ1v) is 4.97. The van der Waals surface area contributed by atoms with Crippen LogP contribution in [0.15, 0.2) is 12.3 Å². The van der Waals surface area contributed by atoms with Crippen LogP contribution < -0.4 is 10.6 Å². The molecule has 0 fully saturated rings. The first-order chi connectivity index (χ1) is 7.99. The Morgan fingerprint density at radius 3 is 2.53 bits per heavy atom. The molecule has 0 aliphatic rings. The van der Waals surface area contributed by atoms with Gasteiger partial charge in [0.1, 0.15) is 12.2 Å². The summed E-state index contributed by atoms with van der Waals surface area (Å²) in [5.74, 6) is -2.23. The molecule has 8 heteroatoms. The van der Waals surface area contributed by atoms with Crippen molar-refractivity contribution in [2.75, 3.05) is 13.1 Å². The van der Waals surface area contributed by atoms with Crippen LogP contribution in [0, 0.1) is 0 Å². The first kappa shape index (κ1) is 13.0. The number of carbonyl (C=O) groups excluding carboxylic acids is 2. The lowest BCUT2D eigenvalue weighted by atomic mass is 10.4. The fourth-order valence-corrected chi connectivity index (χ4v) is 1.16. The van der Waals surface area contributed by atoms with E-state index < -0.39 is 24.3 Å². The molecule has 0 atom stereocenters. The normalized spacial score (nSPS) is 9.71. The molecular weight excluding hydrogens is 250 g/mol. The predicted octanol–water partition coefficient (Wildman–Crippen LogP) is -0.401. The number of aliphatic carboxylic acids is 1. The third kappa shape index (κ3) is 4.56. The quantitative estimate of drug-likeness (QED) is 0.576. The molecule has 0 aromatic carbocycles. The second kappa shape index (κ2) is 5.90. The lowest BCUT2D eigenvalue weighted by Crippen LogP contribution is -2.39. The van der Waals surface area contributed by atoms with Crippen LogP contribution in [0.1, 0.15) is 10.5 Å². The summed E-state index contributed by atoms with van der Waals surface area (Å²) in [5.41, 5.74) is 0.223. The van der Waals surface area contributed by atoms with Gasteiger partial charge in [-0.1, -0.05) is 11.6 Å². The number of aromatic amines is 1. The number of H-pyrrole nitrogens is 1. The van der Waals surface area contributed by atoms with Gasteiger partial charge in [0.25, 0.3) is 5.91 Å². The third-order valence-electron chi connectivity index (χ3n) is 1.74. The van der Waals surface area contributed by atoms with E-state index in [0.717, 1.165) is 0 Å². The van der Waals surface area contributed by atoms with E-state index in [1.807, 2.05) is 0 Å². The van der Waals surface area contributed by atoms with Crippen molar-refractivity contribution in [2.24, 2.45) is 0 Å². The van der Waals surface area contributed by atoms with Crippen LogP contribution in [0.2, 0.25) is 5.02 Å². The molecule has 0 aliphatic carbocycles. The number of halogens is 1. The highest BCUT2D eigenvalue weighted by Gasteiger charge is 2.10. The third-order valence-corrected chi connectivity index (χ3v) is 1.96. The molecule has 2 amide bonds. The van der Waals surface area contributed by atoms with E-state index in [4.69, 9.17) is 16.7 Å². The monoisotopic (exact) mass is 259 g/mol. The Labute approximate surface area is 101 Å². The van der Waals surface area contributed by atoms with Crippen molar-refractivity contribution in [1.82, 2.24) is 15.6 Å². The number of rotatable bonds is 5. The van der Waals surface area contributed by atoms with Crippen molar-refractivity contribution in [2.45, 2.75) is 0 Å². The number of carbonyl (C=O) groups is 3. The number of nitrogens with one attached hydrogen (secondary N) is 3. The topological polar surface area (TPSA) is 111 Å². The number of aromatic nitrogens is 1. The Hall–Kier alpha value is -2.02. The fourth-order valence-electron chi connectivity index (χ4n) is 0.991. The molecule has 17 heavy (non-hydrogen) atoms. The molecule has 1 rings (SSSR count). The zero-order valence-corrected chi connectivity index (χ0v) is 9.37. The van der Waals surface area contributed by atoms with Crippen LogP contribution in [0.4, 0.5) is 0 Å². The Balaban J connectivity index is 2.33. The number of hydrogen-bond acceptors (Lipinski definition) is 3. The van der Waals surface area contributed by atoms with Gasteiger partial charge in [-0.2, -0.15) is 0 Å². The minimum absolute atomic E-state index is 0.223. The van der Waals surface area contributed by atoms with Crippen molar-refractivity contribution >= 4 is 29.4 Å². The van der Waals surface area contributed by atoms with Crippen LogP contribution in [0.5, 0.6) is 0 Å². The van der Waals surface area contributed by atoms with Gasteiger partial charge >= 0.3 is 5.97 Å². The first-order valence-electron chi connectivity index (χ1n) is 4.59. The summed E-state index contributed by atoms with van der Waals surface area (Å²) >= 11 is 5.60. The highest BCUT2D eigenvalue weighted by molar-refractivity contribution is 6.30. The summed E-state index contributed by atoms with van der Waals surface area (Å²) in [4.78, 5) is 35.2. The molecule has 0 radical (unpaired) electrons. The van der Waals surface area contributed by atoms with Gasteiger partial charge in [-0.3, -0.25) is 14.4 Å². The van der Waals surface area contributed by atoms with Crippen LogP contribution in [-0.4, -0.2) is 41.0 Å². The molecule has 0 aliphatic heterocycles. The van der Waals surface area contributed by atoms with Gasteiger partial charge < -0.3 is 20.7 Å². The molecule has 0 saturated heterocycles. The van der Waals surface area contributed by atoms with E-state index >= 15 is 0 Å². The fraction of sp³-hybridized carbons (Fsp3) is 0.222. The van der Waals surface area contributed by atoms with Crippen LogP contribution in [-0.2, 0) is 9.59 Å².